The fourth-order valence-electron chi connectivity index (χ4n) is 2.49. The molecule has 0 fully saturated rings. The van der Waals surface area contributed by atoms with Crippen molar-refractivity contribution in [2.24, 2.45) is 10.2 Å². The fourth-order valence-corrected chi connectivity index (χ4v) is 2.49. The molecule has 0 unspecified atom stereocenters. The largest absolute Gasteiger partial charge is 0.489 e. The predicted molar refractivity (Wildman–Crippen MR) is 104 cm³/mol. The van der Waals surface area contributed by atoms with Crippen LogP contribution < -0.4 is 14.4 Å². The van der Waals surface area contributed by atoms with E-state index >= 15 is 0 Å². The molecule has 144 valence electrons. The molecule has 0 saturated heterocycles. The quantitative estimate of drug-likeness (QED) is 0.759. The van der Waals surface area contributed by atoms with Gasteiger partial charge in [-0.2, -0.15) is 0 Å². The molecule has 0 bridgehead atoms. The summed E-state index contributed by atoms with van der Waals surface area (Å²) < 4.78 is 22.7. The lowest BCUT2D eigenvalue weighted by Gasteiger charge is -2.16. The minimum Gasteiger partial charge on any atom is -0.489 e. The maximum absolute atomic E-state index is 5.89. The van der Waals surface area contributed by atoms with E-state index in [4.69, 9.17) is 18.9 Å². The van der Waals surface area contributed by atoms with Gasteiger partial charge in [0.25, 0.3) is 0 Å². The Labute approximate surface area is 159 Å². The van der Waals surface area contributed by atoms with Crippen molar-refractivity contribution in [2.75, 3.05) is 58.6 Å². The van der Waals surface area contributed by atoms with Gasteiger partial charge in [0, 0.05) is 25.8 Å². The van der Waals surface area contributed by atoms with E-state index in [0.717, 1.165) is 5.69 Å². The van der Waals surface area contributed by atoms with Crippen LogP contribution in [-0.2, 0) is 9.47 Å². The Balaban J connectivity index is 1.88. The van der Waals surface area contributed by atoms with Gasteiger partial charge < -0.3 is 23.8 Å². The predicted octanol–water partition coefficient (Wildman–Crippen LogP) is 3.97. The summed E-state index contributed by atoms with van der Waals surface area (Å²) in [5, 5.41) is 8.75. The highest BCUT2D eigenvalue weighted by molar-refractivity contribution is 5.62. The Bertz CT molecular complexity index is 765. The van der Waals surface area contributed by atoms with Crippen LogP contribution in [0.3, 0.4) is 0 Å². The number of anilines is 1. The summed E-state index contributed by atoms with van der Waals surface area (Å²) in [5.41, 5.74) is 2.35. The first-order valence-electron chi connectivity index (χ1n) is 8.97. The van der Waals surface area contributed by atoms with Crippen molar-refractivity contribution in [3.8, 4) is 11.5 Å². The number of ether oxygens (including phenoxy) is 4. The fraction of sp³-hybridized carbons (Fsp3) is 0.400. The summed E-state index contributed by atoms with van der Waals surface area (Å²) >= 11 is 0. The van der Waals surface area contributed by atoms with Crippen molar-refractivity contribution < 1.29 is 18.9 Å². The molecular formula is C20H25N3O4. The second kappa shape index (κ2) is 9.89. The monoisotopic (exact) mass is 371 g/mol. The molecule has 7 heteroatoms. The molecule has 1 aliphatic rings. The third-order valence-corrected chi connectivity index (χ3v) is 3.93. The first kappa shape index (κ1) is 19.1. The molecule has 27 heavy (non-hydrogen) atoms. The summed E-state index contributed by atoms with van der Waals surface area (Å²) in [5.74, 6) is 1.33. The van der Waals surface area contributed by atoms with Crippen LogP contribution in [0.25, 0.3) is 0 Å². The molecule has 0 aromatic heterocycles. The van der Waals surface area contributed by atoms with E-state index in [1.165, 1.54) is 0 Å². The summed E-state index contributed by atoms with van der Waals surface area (Å²) in [7, 11) is 3.96. The van der Waals surface area contributed by atoms with Crippen LogP contribution in [0.2, 0.25) is 0 Å². The van der Waals surface area contributed by atoms with E-state index in [2.05, 4.69) is 10.2 Å². The first-order valence-corrected chi connectivity index (χ1v) is 8.97. The highest BCUT2D eigenvalue weighted by atomic mass is 16.6. The number of nitrogens with zero attached hydrogens (tertiary/aromatic N) is 3. The summed E-state index contributed by atoms with van der Waals surface area (Å²) in [6.45, 7) is 2.88. The van der Waals surface area contributed by atoms with Crippen LogP contribution in [0.1, 0.15) is 0 Å². The molecule has 1 heterocycles. The van der Waals surface area contributed by atoms with E-state index in [0.29, 0.717) is 62.5 Å². The molecular weight excluding hydrogens is 346 g/mol. The summed E-state index contributed by atoms with van der Waals surface area (Å²) in [6, 6.07) is 13.4. The summed E-state index contributed by atoms with van der Waals surface area (Å²) in [6.07, 6.45) is 0. The number of fused-ring (bicyclic) bond motifs is 2. The van der Waals surface area contributed by atoms with Gasteiger partial charge in [0.2, 0.25) is 0 Å². The van der Waals surface area contributed by atoms with Crippen LogP contribution in [0.15, 0.2) is 52.7 Å². The molecule has 0 saturated carbocycles. The van der Waals surface area contributed by atoms with Gasteiger partial charge in [-0.25, -0.2) is 0 Å². The lowest BCUT2D eigenvalue weighted by Crippen LogP contribution is -2.14. The van der Waals surface area contributed by atoms with E-state index in [1.807, 2.05) is 61.5 Å². The molecule has 7 nitrogen and oxygen atoms in total. The van der Waals surface area contributed by atoms with Gasteiger partial charge in [-0.15, -0.1) is 10.2 Å². The molecule has 0 radical (unpaired) electrons. The van der Waals surface area contributed by atoms with Crippen LogP contribution in [0.5, 0.6) is 11.5 Å². The molecule has 2 aromatic rings. The number of para-hydroxylation sites is 1. The Morgan fingerprint density at radius 1 is 0.704 bits per heavy atom. The normalized spacial score (nSPS) is 15.8. The highest BCUT2D eigenvalue weighted by Gasteiger charge is 2.08. The molecule has 2 aromatic carbocycles. The van der Waals surface area contributed by atoms with Gasteiger partial charge in [-0.3, -0.25) is 0 Å². The standard InChI is InChI=1S/C20H25N3O4/c1-23(2)16-7-8-18-20(15-16)27-14-12-25-10-9-24-11-13-26-19-6-4-3-5-17(19)21-22-18/h3-8,15H,9-14H2,1-2H3. The first-order chi connectivity index (χ1) is 13.2. The van der Waals surface area contributed by atoms with Crippen LogP contribution in [0.4, 0.5) is 17.1 Å². The average molecular weight is 371 g/mol. The lowest BCUT2D eigenvalue weighted by molar-refractivity contribution is 0.0274. The Morgan fingerprint density at radius 2 is 1.30 bits per heavy atom. The number of azo groups is 1. The van der Waals surface area contributed by atoms with E-state index in [1.54, 1.807) is 0 Å². The molecule has 3 rings (SSSR count). The minimum absolute atomic E-state index is 0.430. The maximum Gasteiger partial charge on any atom is 0.148 e. The Kier molecular flexibility index (Phi) is 7.01. The van der Waals surface area contributed by atoms with E-state index in [9.17, 15) is 0 Å². The van der Waals surface area contributed by atoms with Crippen LogP contribution >= 0.6 is 0 Å². The van der Waals surface area contributed by atoms with Gasteiger partial charge in [-0.1, -0.05) is 12.1 Å². The van der Waals surface area contributed by atoms with Crippen molar-refractivity contribution >= 4 is 17.1 Å². The van der Waals surface area contributed by atoms with Gasteiger partial charge >= 0.3 is 0 Å². The SMILES string of the molecule is CN(C)c1ccc2c(c1)OCCOCCOCCOc1ccccc1N=N2. The average Bonchev–Trinajstić information content (AvgIpc) is 2.68. The zero-order valence-corrected chi connectivity index (χ0v) is 15.8. The maximum atomic E-state index is 5.89. The lowest BCUT2D eigenvalue weighted by atomic mass is 10.2. The van der Waals surface area contributed by atoms with Crippen molar-refractivity contribution in [3.63, 3.8) is 0 Å². The van der Waals surface area contributed by atoms with Gasteiger partial charge in [0.1, 0.15) is 36.1 Å². The number of hydrogen-bond acceptors (Lipinski definition) is 7. The minimum atomic E-state index is 0.430. The number of hydrogen-bond donors (Lipinski definition) is 0. The van der Waals surface area contributed by atoms with Crippen molar-refractivity contribution in [3.05, 3.63) is 42.5 Å². The van der Waals surface area contributed by atoms with Gasteiger partial charge in [-0.05, 0) is 24.3 Å². The number of benzene rings is 2. The zero-order valence-electron chi connectivity index (χ0n) is 15.8. The topological polar surface area (TPSA) is 64.9 Å². The zero-order chi connectivity index (χ0) is 18.9. The summed E-state index contributed by atoms with van der Waals surface area (Å²) in [4.78, 5) is 2.01. The smallest absolute Gasteiger partial charge is 0.148 e. The van der Waals surface area contributed by atoms with E-state index in [-0.39, 0.29) is 0 Å². The van der Waals surface area contributed by atoms with Crippen LogP contribution in [-0.4, -0.2) is 53.7 Å². The van der Waals surface area contributed by atoms with Gasteiger partial charge in [0.15, 0.2) is 0 Å². The molecule has 0 aliphatic carbocycles. The van der Waals surface area contributed by atoms with E-state index < -0.39 is 0 Å². The Hall–Kier alpha value is -2.64. The van der Waals surface area contributed by atoms with Gasteiger partial charge in [0.05, 0.1) is 26.4 Å². The van der Waals surface area contributed by atoms with Crippen molar-refractivity contribution in [1.29, 1.82) is 0 Å². The molecule has 1 aliphatic heterocycles. The van der Waals surface area contributed by atoms with Crippen LogP contribution in [0, 0.1) is 0 Å². The Morgan fingerprint density at radius 3 is 2.00 bits per heavy atom. The third kappa shape index (κ3) is 5.67. The second-order valence-corrected chi connectivity index (χ2v) is 6.14. The van der Waals surface area contributed by atoms with Crippen molar-refractivity contribution in [1.82, 2.24) is 0 Å². The molecule has 0 N–H and O–H groups in total. The molecule has 0 amide bonds. The highest BCUT2D eigenvalue weighted by Crippen LogP contribution is 2.35. The number of rotatable bonds is 1. The second-order valence-electron chi connectivity index (χ2n) is 6.14. The van der Waals surface area contributed by atoms with Crippen molar-refractivity contribution in [2.45, 2.75) is 0 Å². The third-order valence-electron chi connectivity index (χ3n) is 3.93. The molecule has 0 spiro atoms. The molecule has 0 atom stereocenters.